The molecule has 0 bridgehead atoms. The van der Waals surface area contributed by atoms with Crippen molar-refractivity contribution < 1.29 is 14.3 Å². The number of hydrogen-bond donors (Lipinski definition) is 2. The van der Waals surface area contributed by atoms with Gasteiger partial charge in [-0.2, -0.15) is 0 Å². The smallest absolute Gasteiger partial charge is 0.409 e. The van der Waals surface area contributed by atoms with Gasteiger partial charge < -0.3 is 25.0 Å². The molecule has 0 unspecified atom stereocenters. The standard InChI is InChI=1S/C25H34N4O3/c1-3-32-25(30)29-15-13-23(14-16-29)28-24(26-2)27-17-20-9-11-22(12-10-20)19-31-18-21-7-5-4-6-8-21/h4-12,23H,3,13-19H2,1-2H3,(H2,26,27,28). The van der Waals surface area contributed by atoms with Crippen LogP contribution in [0, 0.1) is 0 Å². The van der Waals surface area contributed by atoms with Crippen molar-refractivity contribution in [3.05, 3.63) is 71.3 Å². The molecule has 1 aliphatic heterocycles. The van der Waals surface area contributed by atoms with Crippen molar-refractivity contribution in [2.45, 2.75) is 45.6 Å². The summed E-state index contributed by atoms with van der Waals surface area (Å²) >= 11 is 0. The molecule has 2 aromatic rings. The number of nitrogens with zero attached hydrogens (tertiary/aromatic N) is 2. The second kappa shape index (κ2) is 12.7. The zero-order valence-electron chi connectivity index (χ0n) is 19.0. The molecular weight excluding hydrogens is 404 g/mol. The quantitative estimate of drug-likeness (QED) is 0.486. The largest absolute Gasteiger partial charge is 0.450 e. The fourth-order valence-corrected chi connectivity index (χ4v) is 3.61. The Morgan fingerprint density at radius 1 is 1.00 bits per heavy atom. The van der Waals surface area contributed by atoms with Gasteiger partial charge in [-0.05, 0) is 36.5 Å². The fourth-order valence-electron chi connectivity index (χ4n) is 3.61. The van der Waals surface area contributed by atoms with Crippen LogP contribution in [-0.4, -0.2) is 49.7 Å². The first-order valence-electron chi connectivity index (χ1n) is 11.3. The van der Waals surface area contributed by atoms with E-state index in [1.807, 2.05) is 25.1 Å². The molecule has 0 radical (unpaired) electrons. The van der Waals surface area contributed by atoms with Gasteiger partial charge in [0.1, 0.15) is 0 Å². The lowest BCUT2D eigenvalue weighted by Crippen LogP contribution is -2.49. The van der Waals surface area contributed by atoms with Crippen LogP contribution in [0.4, 0.5) is 4.79 Å². The Morgan fingerprint density at radius 2 is 1.62 bits per heavy atom. The zero-order chi connectivity index (χ0) is 22.6. The van der Waals surface area contributed by atoms with Gasteiger partial charge in [-0.25, -0.2) is 4.79 Å². The Morgan fingerprint density at radius 3 is 2.25 bits per heavy atom. The Hall–Kier alpha value is -3.06. The van der Waals surface area contributed by atoms with Crippen LogP contribution in [0.15, 0.2) is 59.6 Å². The normalized spacial score (nSPS) is 14.8. The number of nitrogens with one attached hydrogen (secondary N) is 2. The highest BCUT2D eigenvalue weighted by Crippen LogP contribution is 2.12. The predicted octanol–water partition coefficient (Wildman–Crippen LogP) is 3.69. The first-order valence-corrected chi connectivity index (χ1v) is 11.3. The van der Waals surface area contributed by atoms with Crippen molar-refractivity contribution in [2.24, 2.45) is 4.99 Å². The van der Waals surface area contributed by atoms with Crippen molar-refractivity contribution in [2.75, 3.05) is 26.7 Å². The van der Waals surface area contributed by atoms with E-state index in [4.69, 9.17) is 9.47 Å². The molecule has 32 heavy (non-hydrogen) atoms. The first-order chi connectivity index (χ1) is 15.7. The van der Waals surface area contributed by atoms with Crippen LogP contribution in [0.2, 0.25) is 0 Å². The average Bonchev–Trinajstić information content (AvgIpc) is 2.84. The highest BCUT2D eigenvalue weighted by atomic mass is 16.6. The molecule has 2 aromatic carbocycles. The molecule has 0 atom stereocenters. The number of aliphatic imine (C=N–C) groups is 1. The minimum Gasteiger partial charge on any atom is -0.450 e. The van der Waals surface area contributed by atoms with Crippen molar-refractivity contribution in [1.29, 1.82) is 0 Å². The van der Waals surface area contributed by atoms with Crippen LogP contribution in [0.5, 0.6) is 0 Å². The van der Waals surface area contributed by atoms with E-state index < -0.39 is 0 Å². The number of benzene rings is 2. The summed E-state index contributed by atoms with van der Waals surface area (Å²) in [7, 11) is 1.77. The summed E-state index contributed by atoms with van der Waals surface area (Å²) < 4.78 is 10.9. The monoisotopic (exact) mass is 438 g/mol. The first kappa shape index (κ1) is 23.6. The molecule has 0 aromatic heterocycles. The SMILES string of the molecule is CCOC(=O)N1CCC(NC(=NC)NCc2ccc(COCc3ccccc3)cc2)CC1. The van der Waals surface area contributed by atoms with E-state index >= 15 is 0 Å². The van der Waals surface area contributed by atoms with Gasteiger partial charge in [0, 0.05) is 32.7 Å². The van der Waals surface area contributed by atoms with Crippen molar-refractivity contribution in [3.63, 3.8) is 0 Å². The highest BCUT2D eigenvalue weighted by molar-refractivity contribution is 5.80. The summed E-state index contributed by atoms with van der Waals surface area (Å²) in [5.74, 6) is 0.773. The van der Waals surface area contributed by atoms with Gasteiger partial charge in [0.25, 0.3) is 0 Å². The summed E-state index contributed by atoms with van der Waals surface area (Å²) in [6, 6.07) is 18.9. The number of carbonyl (C=O) groups is 1. The Bertz CT molecular complexity index is 847. The van der Waals surface area contributed by atoms with E-state index in [1.165, 1.54) is 11.1 Å². The van der Waals surface area contributed by atoms with Gasteiger partial charge in [-0.3, -0.25) is 4.99 Å². The summed E-state index contributed by atoms with van der Waals surface area (Å²) in [5, 5.41) is 6.84. The lowest BCUT2D eigenvalue weighted by molar-refractivity contribution is 0.0963. The van der Waals surface area contributed by atoms with Gasteiger partial charge >= 0.3 is 6.09 Å². The topological polar surface area (TPSA) is 75.2 Å². The number of carbonyl (C=O) groups excluding carboxylic acids is 1. The second-order valence-corrected chi connectivity index (χ2v) is 7.83. The third-order valence-corrected chi connectivity index (χ3v) is 5.45. The highest BCUT2D eigenvalue weighted by Gasteiger charge is 2.23. The van der Waals surface area contributed by atoms with Crippen LogP contribution < -0.4 is 10.6 Å². The Labute approximate surface area is 190 Å². The van der Waals surface area contributed by atoms with Crippen LogP contribution in [-0.2, 0) is 29.2 Å². The van der Waals surface area contributed by atoms with Gasteiger partial charge in [0.15, 0.2) is 5.96 Å². The van der Waals surface area contributed by atoms with E-state index in [1.54, 1.807) is 11.9 Å². The van der Waals surface area contributed by atoms with Crippen LogP contribution >= 0.6 is 0 Å². The molecule has 1 fully saturated rings. The minimum absolute atomic E-state index is 0.220. The van der Waals surface area contributed by atoms with Gasteiger partial charge in [0.2, 0.25) is 0 Å². The van der Waals surface area contributed by atoms with Crippen molar-refractivity contribution >= 4 is 12.1 Å². The molecule has 172 valence electrons. The number of piperidine rings is 1. The molecule has 7 nitrogen and oxygen atoms in total. The van der Waals surface area contributed by atoms with Crippen molar-refractivity contribution in [3.8, 4) is 0 Å². The molecule has 1 aliphatic rings. The molecule has 3 rings (SSSR count). The van der Waals surface area contributed by atoms with E-state index in [0.29, 0.717) is 39.5 Å². The molecule has 0 spiro atoms. The number of ether oxygens (including phenoxy) is 2. The van der Waals surface area contributed by atoms with Gasteiger partial charge in [0.05, 0.1) is 19.8 Å². The lowest BCUT2D eigenvalue weighted by atomic mass is 10.1. The second-order valence-electron chi connectivity index (χ2n) is 7.83. The van der Waals surface area contributed by atoms with E-state index in [2.05, 4.69) is 52.0 Å². The average molecular weight is 439 g/mol. The number of hydrogen-bond acceptors (Lipinski definition) is 4. The van der Waals surface area contributed by atoms with Gasteiger partial charge in [-0.1, -0.05) is 54.6 Å². The summed E-state index contributed by atoms with van der Waals surface area (Å²) in [6.07, 6.45) is 1.52. The molecule has 0 aliphatic carbocycles. The third kappa shape index (κ3) is 7.57. The number of guanidine groups is 1. The maximum absolute atomic E-state index is 11.8. The zero-order valence-corrected chi connectivity index (χ0v) is 19.0. The summed E-state index contributed by atoms with van der Waals surface area (Å²) in [5.41, 5.74) is 3.51. The maximum Gasteiger partial charge on any atom is 0.409 e. The van der Waals surface area contributed by atoms with Crippen molar-refractivity contribution in [1.82, 2.24) is 15.5 Å². The lowest BCUT2D eigenvalue weighted by Gasteiger charge is -2.32. The van der Waals surface area contributed by atoms with Crippen LogP contribution in [0.25, 0.3) is 0 Å². The van der Waals surface area contributed by atoms with Gasteiger partial charge in [-0.15, -0.1) is 0 Å². The number of likely N-dealkylation sites (tertiary alicyclic amines) is 1. The molecule has 1 heterocycles. The van der Waals surface area contributed by atoms with E-state index in [0.717, 1.165) is 24.4 Å². The van der Waals surface area contributed by atoms with E-state index in [9.17, 15) is 4.79 Å². The minimum atomic E-state index is -0.220. The van der Waals surface area contributed by atoms with Crippen LogP contribution in [0.1, 0.15) is 36.5 Å². The molecule has 7 heteroatoms. The predicted molar refractivity (Wildman–Crippen MR) is 126 cm³/mol. The van der Waals surface area contributed by atoms with E-state index in [-0.39, 0.29) is 12.1 Å². The van der Waals surface area contributed by atoms with Crippen LogP contribution in [0.3, 0.4) is 0 Å². The Balaban J connectivity index is 1.37. The fraction of sp³-hybridized carbons (Fsp3) is 0.440. The Kier molecular flexibility index (Phi) is 9.37. The number of rotatable bonds is 8. The summed E-state index contributed by atoms with van der Waals surface area (Å²) in [4.78, 5) is 17.9. The summed E-state index contributed by atoms with van der Waals surface area (Å²) in [6.45, 7) is 5.53. The molecule has 1 amide bonds. The maximum atomic E-state index is 11.8. The third-order valence-electron chi connectivity index (χ3n) is 5.45. The number of amides is 1. The molecule has 0 saturated carbocycles. The molecule has 1 saturated heterocycles. The molecule has 2 N–H and O–H groups in total. The molecular formula is C25H34N4O3.